The molecular weight excluding hydrogens is 328 g/mol. The Hall–Kier alpha value is -3.22. The first kappa shape index (κ1) is 16.6. The summed E-state index contributed by atoms with van der Waals surface area (Å²) in [6.07, 6.45) is 2.45. The fourth-order valence-corrected chi connectivity index (χ4v) is 2.28. The van der Waals surface area contributed by atoms with Crippen molar-refractivity contribution < 1.29 is 18.3 Å². The molecule has 7 heteroatoms. The number of carbonyl (C=O) groups is 1. The van der Waals surface area contributed by atoms with Crippen LogP contribution in [0.2, 0.25) is 0 Å². The summed E-state index contributed by atoms with van der Waals surface area (Å²) in [5, 5.41) is 2.76. The lowest BCUT2D eigenvalue weighted by molar-refractivity contribution is 0.0631. The van der Waals surface area contributed by atoms with Crippen molar-refractivity contribution in [2.75, 3.05) is 5.32 Å². The number of hydrogen-bond acceptors (Lipinski definition) is 3. The van der Waals surface area contributed by atoms with Gasteiger partial charge in [0.05, 0.1) is 5.56 Å². The number of nitrogens with one attached hydrogen (secondary N) is 1. The minimum Gasteiger partial charge on any atom is -0.485 e. The fourth-order valence-electron chi connectivity index (χ4n) is 2.28. The van der Waals surface area contributed by atoms with E-state index >= 15 is 0 Å². The second-order valence-corrected chi connectivity index (χ2v) is 5.13. The summed E-state index contributed by atoms with van der Waals surface area (Å²) >= 11 is 0. The predicted octanol–water partition coefficient (Wildman–Crippen LogP) is 4.11. The van der Waals surface area contributed by atoms with Crippen LogP contribution in [0.3, 0.4) is 0 Å². The lowest BCUT2D eigenvalue weighted by Gasteiger charge is -2.12. The number of imidazole rings is 1. The molecule has 0 atom stereocenters. The Morgan fingerprint density at radius 1 is 1.12 bits per heavy atom. The summed E-state index contributed by atoms with van der Waals surface area (Å²) in [6.45, 7) is -2.87. The van der Waals surface area contributed by atoms with Gasteiger partial charge in [-0.25, -0.2) is 4.98 Å². The molecule has 0 aliphatic heterocycles. The van der Waals surface area contributed by atoms with Crippen LogP contribution >= 0.6 is 0 Å². The summed E-state index contributed by atoms with van der Waals surface area (Å²) in [5.74, 6) is 0.0204. The molecule has 0 aliphatic rings. The van der Waals surface area contributed by atoms with E-state index in [-0.39, 0.29) is 18.3 Å². The van der Waals surface area contributed by atoms with Gasteiger partial charge in [-0.1, -0.05) is 30.3 Å². The number of anilines is 1. The van der Waals surface area contributed by atoms with E-state index in [9.17, 15) is 13.6 Å². The van der Waals surface area contributed by atoms with E-state index in [0.717, 1.165) is 0 Å². The lowest BCUT2D eigenvalue weighted by Crippen LogP contribution is -2.14. The summed E-state index contributed by atoms with van der Waals surface area (Å²) in [7, 11) is 0. The topological polar surface area (TPSA) is 56.1 Å². The van der Waals surface area contributed by atoms with Crippen molar-refractivity contribution in [2.45, 2.75) is 13.2 Å². The molecule has 1 aromatic heterocycles. The second-order valence-electron chi connectivity index (χ2n) is 5.13. The van der Waals surface area contributed by atoms with Crippen LogP contribution in [0.5, 0.6) is 5.75 Å². The highest BCUT2D eigenvalue weighted by Gasteiger charge is 2.15. The minimum absolute atomic E-state index is 0.0771. The van der Waals surface area contributed by atoms with E-state index in [1.807, 2.05) is 18.2 Å². The van der Waals surface area contributed by atoms with Gasteiger partial charge < -0.3 is 10.1 Å². The van der Waals surface area contributed by atoms with Gasteiger partial charge in [0.2, 0.25) is 0 Å². The van der Waals surface area contributed by atoms with E-state index < -0.39 is 6.55 Å². The Balaban J connectivity index is 1.74. The first-order valence-corrected chi connectivity index (χ1v) is 7.53. The molecule has 3 rings (SSSR count). The number of nitrogens with zero attached hydrogens (tertiary/aromatic N) is 2. The molecule has 128 valence electrons. The van der Waals surface area contributed by atoms with E-state index in [2.05, 4.69) is 10.3 Å². The fraction of sp³-hybridized carbons (Fsp3) is 0.111. The molecule has 0 spiro atoms. The Bertz CT molecular complexity index is 850. The van der Waals surface area contributed by atoms with Gasteiger partial charge in [-0.2, -0.15) is 8.78 Å². The Labute approximate surface area is 142 Å². The van der Waals surface area contributed by atoms with Crippen molar-refractivity contribution in [3.8, 4) is 5.75 Å². The lowest BCUT2D eigenvalue weighted by atomic mass is 10.2. The first-order valence-electron chi connectivity index (χ1n) is 7.53. The van der Waals surface area contributed by atoms with Crippen LogP contribution in [0, 0.1) is 0 Å². The highest BCUT2D eigenvalue weighted by Crippen LogP contribution is 2.21. The molecule has 0 aliphatic carbocycles. The van der Waals surface area contributed by atoms with Crippen molar-refractivity contribution in [2.24, 2.45) is 0 Å². The van der Waals surface area contributed by atoms with Crippen LogP contribution in [0.15, 0.2) is 67.0 Å². The van der Waals surface area contributed by atoms with Crippen molar-refractivity contribution in [3.05, 3.63) is 78.4 Å². The van der Waals surface area contributed by atoms with Crippen molar-refractivity contribution in [1.29, 1.82) is 0 Å². The number of carbonyl (C=O) groups excluding carboxylic acids is 1. The molecule has 0 saturated heterocycles. The van der Waals surface area contributed by atoms with E-state index in [4.69, 9.17) is 4.74 Å². The predicted molar refractivity (Wildman–Crippen MR) is 88.6 cm³/mol. The van der Waals surface area contributed by atoms with Crippen LogP contribution in [-0.2, 0) is 6.61 Å². The molecule has 0 fully saturated rings. The van der Waals surface area contributed by atoms with Crippen LogP contribution in [0.4, 0.5) is 14.5 Å². The zero-order valence-electron chi connectivity index (χ0n) is 13.1. The number of aromatic nitrogens is 2. The van der Waals surface area contributed by atoms with Crippen LogP contribution in [0.25, 0.3) is 0 Å². The molecule has 1 amide bonds. The number of para-hydroxylation sites is 2. The third kappa shape index (κ3) is 4.00. The number of hydrogen-bond donors (Lipinski definition) is 1. The molecule has 0 unspecified atom stereocenters. The molecule has 0 radical (unpaired) electrons. The maximum Gasteiger partial charge on any atom is 0.320 e. The largest absolute Gasteiger partial charge is 0.485 e. The Morgan fingerprint density at radius 2 is 1.84 bits per heavy atom. The molecule has 25 heavy (non-hydrogen) atoms. The molecular formula is C18H15F2N3O2. The van der Waals surface area contributed by atoms with Crippen molar-refractivity contribution in [1.82, 2.24) is 9.55 Å². The molecule has 1 N–H and O–H groups in total. The summed E-state index contributed by atoms with van der Waals surface area (Å²) < 4.78 is 31.9. The molecule has 0 bridgehead atoms. The van der Waals surface area contributed by atoms with Gasteiger partial charge in [0, 0.05) is 18.1 Å². The molecule has 1 heterocycles. The highest BCUT2D eigenvalue weighted by atomic mass is 19.3. The van der Waals surface area contributed by atoms with Gasteiger partial charge in [-0.15, -0.1) is 0 Å². The zero-order chi connectivity index (χ0) is 17.6. The van der Waals surface area contributed by atoms with E-state index in [1.54, 1.807) is 36.4 Å². The highest BCUT2D eigenvalue weighted by molar-refractivity contribution is 6.06. The summed E-state index contributed by atoms with van der Waals surface area (Å²) in [4.78, 5) is 16.3. The molecule has 3 aromatic rings. The molecule has 5 nitrogen and oxygen atoms in total. The monoisotopic (exact) mass is 343 g/mol. The Morgan fingerprint density at radius 3 is 2.60 bits per heavy atom. The quantitative estimate of drug-likeness (QED) is 0.733. The van der Waals surface area contributed by atoms with Crippen molar-refractivity contribution in [3.63, 3.8) is 0 Å². The number of amides is 1. The van der Waals surface area contributed by atoms with Crippen LogP contribution in [-0.4, -0.2) is 15.5 Å². The van der Waals surface area contributed by atoms with Gasteiger partial charge in [0.15, 0.2) is 5.82 Å². The SMILES string of the molecule is O=C(Nc1ccccc1)c1ccccc1OCc1nccn1C(F)F. The van der Waals surface area contributed by atoms with Gasteiger partial charge >= 0.3 is 6.55 Å². The number of halogens is 2. The maximum absolute atomic E-state index is 12.8. The summed E-state index contributed by atoms with van der Waals surface area (Å²) in [6, 6.07) is 15.6. The normalized spacial score (nSPS) is 10.7. The van der Waals surface area contributed by atoms with E-state index in [1.165, 1.54) is 12.4 Å². The zero-order valence-corrected chi connectivity index (χ0v) is 13.1. The van der Waals surface area contributed by atoms with Gasteiger partial charge in [-0.05, 0) is 24.3 Å². The first-order chi connectivity index (χ1) is 12.1. The molecule has 2 aromatic carbocycles. The molecule has 0 saturated carbocycles. The van der Waals surface area contributed by atoms with Crippen LogP contribution < -0.4 is 10.1 Å². The van der Waals surface area contributed by atoms with E-state index in [0.29, 0.717) is 21.6 Å². The Kier molecular flexibility index (Phi) is 5.03. The van der Waals surface area contributed by atoms with Gasteiger partial charge in [-0.3, -0.25) is 9.36 Å². The number of alkyl halides is 2. The average Bonchev–Trinajstić information content (AvgIpc) is 3.10. The average molecular weight is 343 g/mol. The number of rotatable bonds is 6. The summed E-state index contributed by atoms with van der Waals surface area (Å²) in [5.41, 5.74) is 0.956. The third-order valence-electron chi connectivity index (χ3n) is 3.48. The minimum atomic E-state index is -2.70. The van der Waals surface area contributed by atoms with Gasteiger partial charge in [0.1, 0.15) is 12.4 Å². The van der Waals surface area contributed by atoms with Crippen LogP contribution in [0.1, 0.15) is 22.7 Å². The number of benzene rings is 2. The van der Waals surface area contributed by atoms with Crippen molar-refractivity contribution >= 4 is 11.6 Å². The second kappa shape index (κ2) is 7.57. The van der Waals surface area contributed by atoms with Gasteiger partial charge in [0.25, 0.3) is 5.91 Å². The third-order valence-corrected chi connectivity index (χ3v) is 3.48. The standard InChI is InChI=1S/C18H15F2N3O2/c19-18(20)23-11-10-21-16(23)12-25-15-9-5-4-8-14(15)17(24)22-13-6-2-1-3-7-13/h1-11,18H,12H2,(H,22,24). The maximum atomic E-state index is 12.8. The number of ether oxygens (including phenoxy) is 1. The smallest absolute Gasteiger partial charge is 0.320 e.